The van der Waals surface area contributed by atoms with Crippen LogP contribution in [-0.4, -0.2) is 41.0 Å². The Balaban J connectivity index is 1.31. The molecule has 3 aromatic rings. The van der Waals surface area contributed by atoms with Crippen molar-refractivity contribution in [3.05, 3.63) is 64.7 Å². The third-order valence-electron chi connectivity index (χ3n) is 4.65. The van der Waals surface area contributed by atoms with Crippen LogP contribution in [0, 0.1) is 11.3 Å². The van der Waals surface area contributed by atoms with Crippen LogP contribution in [0.25, 0.3) is 10.2 Å². The van der Waals surface area contributed by atoms with Crippen molar-refractivity contribution in [1.29, 1.82) is 5.26 Å². The molecule has 5 heteroatoms. The highest BCUT2D eigenvalue weighted by Crippen LogP contribution is 2.23. The first-order valence-electron chi connectivity index (χ1n) is 8.58. The maximum absolute atomic E-state index is 8.88. The topological polar surface area (TPSA) is 43.2 Å². The van der Waals surface area contributed by atoms with Crippen LogP contribution >= 0.6 is 11.3 Å². The summed E-state index contributed by atoms with van der Waals surface area (Å²) in [6.07, 6.45) is 0. The predicted molar refractivity (Wildman–Crippen MR) is 101 cm³/mol. The molecule has 1 aromatic heterocycles. The second kappa shape index (κ2) is 7.32. The number of fused-ring (bicyclic) bond motifs is 1. The second-order valence-corrected chi connectivity index (χ2v) is 7.55. The average Bonchev–Trinajstić information content (AvgIpc) is 3.06. The van der Waals surface area contributed by atoms with Gasteiger partial charge in [-0.15, -0.1) is 11.3 Å². The largest absolute Gasteiger partial charge is 0.297 e. The molecule has 0 aliphatic carbocycles. The lowest BCUT2D eigenvalue weighted by Crippen LogP contribution is -2.45. The SMILES string of the molecule is N#Cc1ccc(CN2CCN(Cc3nc4ccccc4s3)CC2)cc1. The standard InChI is InChI=1S/C20H20N4S/c21-13-16-5-7-17(8-6-16)14-23-9-11-24(12-10-23)15-20-22-18-3-1-2-4-19(18)25-20/h1-8H,9-12,14-15H2. The smallest absolute Gasteiger partial charge is 0.108 e. The van der Waals surface area contributed by atoms with Crippen LogP contribution in [-0.2, 0) is 13.1 Å². The first kappa shape index (κ1) is 16.2. The van der Waals surface area contributed by atoms with Gasteiger partial charge in [0.15, 0.2) is 0 Å². The van der Waals surface area contributed by atoms with Gasteiger partial charge in [-0.1, -0.05) is 24.3 Å². The highest BCUT2D eigenvalue weighted by atomic mass is 32.1. The number of nitriles is 1. The molecule has 126 valence electrons. The van der Waals surface area contributed by atoms with Crippen molar-refractivity contribution in [2.75, 3.05) is 26.2 Å². The Morgan fingerprint density at radius 1 is 0.920 bits per heavy atom. The maximum atomic E-state index is 8.88. The number of piperazine rings is 1. The van der Waals surface area contributed by atoms with Crippen LogP contribution < -0.4 is 0 Å². The fourth-order valence-electron chi connectivity index (χ4n) is 3.23. The lowest BCUT2D eigenvalue weighted by atomic mass is 10.1. The molecule has 4 rings (SSSR count). The molecule has 2 heterocycles. The minimum absolute atomic E-state index is 0.726. The second-order valence-electron chi connectivity index (χ2n) is 6.44. The van der Waals surface area contributed by atoms with Gasteiger partial charge in [0.1, 0.15) is 5.01 Å². The minimum atomic E-state index is 0.726. The number of hydrogen-bond acceptors (Lipinski definition) is 5. The fourth-order valence-corrected chi connectivity index (χ4v) is 4.24. The summed E-state index contributed by atoms with van der Waals surface area (Å²) < 4.78 is 1.27. The Morgan fingerprint density at radius 3 is 2.28 bits per heavy atom. The minimum Gasteiger partial charge on any atom is -0.297 e. The van der Waals surface area contributed by atoms with Crippen molar-refractivity contribution >= 4 is 21.6 Å². The predicted octanol–water partition coefficient (Wildman–Crippen LogP) is 3.49. The third-order valence-corrected chi connectivity index (χ3v) is 5.67. The van der Waals surface area contributed by atoms with Crippen LogP contribution in [0.15, 0.2) is 48.5 Å². The van der Waals surface area contributed by atoms with Gasteiger partial charge in [-0.3, -0.25) is 9.80 Å². The maximum Gasteiger partial charge on any atom is 0.108 e. The van der Waals surface area contributed by atoms with Crippen LogP contribution in [0.5, 0.6) is 0 Å². The Labute approximate surface area is 151 Å². The van der Waals surface area contributed by atoms with Crippen molar-refractivity contribution in [2.45, 2.75) is 13.1 Å². The van der Waals surface area contributed by atoms with Gasteiger partial charge >= 0.3 is 0 Å². The van der Waals surface area contributed by atoms with Crippen LogP contribution in [0.2, 0.25) is 0 Å². The Morgan fingerprint density at radius 2 is 1.60 bits per heavy atom. The van der Waals surface area contributed by atoms with Gasteiger partial charge in [-0.2, -0.15) is 5.26 Å². The molecular weight excluding hydrogens is 328 g/mol. The molecular formula is C20H20N4S. The van der Waals surface area contributed by atoms with E-state index >= 15 is 0 Å². The van der Waals surface area contributed by atoms with E-state index in [1.165, 1.54) is 15.3 Å². The highest BCUT2D eigenvalue weighted by Gasteiger charge is 2.18. The molecule has 0 N–H and O–H groups in total. The van der Waals surface area contributed by atoms with E-state index in [1.807, 2.05) is 18.2 Å². The molecule has 0 saturated carbocycles. The van der Waals surface area contributed by atoms with E-state index in [4.69, 9.17) is 10.2 Å². The summed E-state index contributed by atoms with van der Waals surface area (Å²) in [5.41, 5.74) is 3.12. The van der Waals surface area contributed by atoms with Gasteiger partial charge in [0.2, 0.25) is 0 Å². The van der Waals surface area contributed by atoms with Crippen molar-refractivity contribution in [3.63, 3.8) is 0 Å². The molecule has 0 radical (unpaired) electrons. The summed E-state index contributed by atoms with van der Waals surface area (Å²) in [5, 5.41) is 10.1. The zero-order chi connectivity index (χ0) is 17.1. The number of nitrogens with zero attached hydrogens (tertiary/aromatic N) is 4. The Bertz CT molecular complexity index is 853. The van der Waals surface area contributed by atoms with E-state index < -0.39 is 0 Å². The number of benzene rings is 2. The first-order chi connectivity index (χ1) is 12.3. The van der Waals surface area contributed by atoms with E-state index in [0.717, 1.165) is 50.3 Å². The lowest BCUT2D eigenvalue weighted by Gasteiger charge is -2.34. The van der Waals surface area contributed by atoms with Crippen LogP contribution in [0.1, 0.15) is 16.1 Å². The molecule has 0 bridgehead atoms. The molecule has 0 amide bonds. The van der Waals surface area contributed by atoms with Crippen LogP contribution in [0.4, 0.5) is 0 Å². The molecule has 0 unspecified atom stereocenters. The molecule has 2 aromatic carbocycles. The average molecular weight is 348 g/mol. The fraction of sp³-hybridized carbons (Fsp3) is 0.300. The first-order valence-corrected chi connectivity index (χ1v) is 9.40. The Hall–Kier alpha value is -2.26. The highest BCUT2D eigenvalue weighted by molar-refractivity contribution is 7.18. The van der Waals surface area contributed by atoms with Gasteiger partial charge in [-0.05, 0) is 29.8 Å². The summed E-state index contributed by atoms with van der Waals surface area (Å²) in [4.78, 5) is 9.72. The van der Waals surface area contributed by atoms with E-state index in [9.17, 15) is 0 Å². The quantitative estimate of drug-likeness (QED) is 0.724. The Kier molecular flexibility index (Phi) is 4.75. The zero-order valence-electron chi connectivity index (χ0n) is 14.1. The summed E-state index contributed by atoms with van der Waals surface area (Å²) in [6, 6.07) is 18.5. The van der Waals surface area contributed by atoms with E-state index in [-0.39, 0.29) is 0 Å². The number of hydrogen-bond donors (Lipinski definition) is 0. The van der Waals surface area contributed by atoms with Gasteiger partial charge in [0.25, 0.3) is 0 Å². The number of para-hydroxylation sites is 1. The van der Waals surface area contributed by atoms with Crippen molar-refractivity contribution in [1.82, 2.24) is 14.8 Å². The summed E-state index contributed by atoms with van der Waals surface area (Å²) in [7, 11) is 0. The normalized spacial score (nSPS) is 16.1. The summed E-state index contributed by atoms with van der Waals surface area (Å²) >= 11 is 1.81. The van der Waals surface area contributed by atoms with Crippen LogP contribution in [0.3, 0.4) is 0 Å². The van der Waals surface area contributed by atoms with Gasteiger partial charge in [-0.25, -0.2) is 4.98 Å². The van der Waals surface area contributed by atoms with E-state index in [2.05, 4.69) is 46.2 Å². The molecule has 1 fully saturated rings. The third kappa shape index (κ3) is 3.88. The summed E-state index contributed by atoms with van der Waals surface area (Å²) in [6.45, 7) is 6.21. The van der Waals surface area contributed by atoms with Crippen molar-refractivity contribution in [2.24, 2.45) is 0 Å². The molecule has 4 nitrogen and oxygen atoms in total. The van der Waals surface area contributed by atoms with Gasteiger partial charge in [0.05, 0.1) is 28.4 Å². The van der Waals surface area contributed by atoms with Gasteiger partial charge in [0, 0.05) is 32.7 Å². The number of aromatic nitrogens is 1. The van der Waals surface area contributed by atoms with E-state index in [1.54, 1.807) is 11.3 Å². The number of thiazole rings is 1. The van der Waals surface area contributed by atoms with E-state index in [0.29, 0.717) is 0 Å². The molecule has 0 spiro atoms. The lowest BCUT2D eigenvalue weighted by molar-refractivity contribution is 0.122. The van der Waals surface area contributed by atoms with Gasteiger partial charge < -0.3 is 0 Å². The number of rotatable bonds is 4. The van der Waals surface area contributed by atoms with Crippen molar-refractivity contribution in [3.8, 4) is 6.07 Å². The summed E-state index contributed by atoms with van der Waals surface area (Å²) in [5.74, 6) is 0. The molecule has 1 aliphatic heterocycles. The molecule has 25 heavy (non-hydrogen) atoms. The monoisotopic (exact) mass is 348 g/mol. The molecule has 1 aliphatic rings. The molecule has 0 atom stereocenters. The zero-order valence-corrected chi connectivity index (χ0v) is 14.9. The van der Waals surface area contributed by atoms with Crippen molar-refractivity contribution < 1.29 is 0 Å². The molecule has 1 saturated heterocycles.